The SMILES string of the molecule is Cc1cc2nc(n1)NCCCC[C@H]1CN(CCC13CC3)c1nc(NS(=O)(=O)CCO)ccc1C(=O)N2. The third-order valence-corrected chi connectivity index (χ3v) is 8.72. The van der Waals surface area contributed by atoms with Crippen molar-refractivity contribution in [3.63, 3.8) is 0 Å². The van der Waals surface area contributed by atoms with E-state index in [1.807, 2.05) is 6.92 Å². The highest BCUT2D eigenvalue weighted by Crippen LogP contribution is 2.58. The van der Waals surface area contributed by atoms with E-state index in [-0.39, 0.29) is 11.7 Å². The summed E-state index contributed by atoms with van der Waals surface area (Å²) in [6.45, 7) is 3.66. The zero-order chi connectivity index (χ0) is 25.3. The molecule has 1 aliphatic carbocycles. The van der Waals surface area contributed by atoms with E-state index in [1.165, 1.54) is 18.9 Å². The second-order valence-electron chi connectivity index (χ2n) is 10.1. The van der Waals surface area contributed by atoms with E-state index in [9.17, 15) is 13.2 Å². The average Bonchev–Trinajstić information content (AvgIpc) is 3.59. The van der Waals surface area contributed by atoms with Gasteiger partial charge in [0.25, 0.3) is 5.91 Å². The van der Waals surface area contributed by atoms with Crippen LogP contribution in [0.5, 0.6) is 0 Å². The maximum absolute atomic E-state index is 13.4. The number of nitrogens with one attached hydrogen (secondary N) is 3. The Balaban J connectivity index is 1.52. The standard InChI is InChI=1S/C24H33N7O4S/c1-16-14-20-28-22(33)18-5-6-19(30-36(34,35)13-12-32)27-21(18)31-11-9-24(7-8-24)17(15-31)4-2-3-10-25-23(26-16)29-20/h5-6,14,17,32H,2-4,7-13,15H2,1H3,(H,27,30)(H2,25,26,28,29,33)/t17-/m0/s1. The number of anilines is 4. The second-order valence-corrected chi connectivity index (χ2v) is 11.9. The average molecular weight is 516 g/mol. The maximum Gasteiger partial charge on any atom is 0.260 e. The highest BCUT2D eigenvalue weighted by atomic mass is 32.2. The van der Waals surface area contributed by atoms with Crippen molar-refractivity contribution in [3.8, 4) is 0 Å². The Morgan fingerprint density at radius 1 is 1.19 bits per heavy atom. The Kier molecular flexibility index (Phi) is 6.73. The number of aryl methyl sites for hydroxylation is 1. The van der Waals surface area contributed by atoms with E-state index in [1.54, 1.807) is 12.1 Å². The van der Waals surface area contributed by atoms with Crippen LogP contribution in [0.2, 0.25) is 0 Å². The summed E-state index contributed by atoms with van der Waals surface area (Å²) >= 11 is 0. The summed E-state index contributed by atoms with van der Waals surface area (Å²) in [5.41, 5.74) is 1.47. The number of aliphatic hydroxyl groups is 1. The van der Waals surface area contributed by atoms with Gasteiger partial charge in [0.05, 0.1) is 17.9 Å². The first-order chi connectivity index (χ1) is 17.3. The lowest BCUT2D eigenvalue weighted by Crippen LogP contribution is -2.43. The number of aliphatic hydroxyl groups excluding tert-OH is 1. The molecule has 11 nitrogen and oxygen atoms in total. The number of rotatable bonds is 4. The van der Waals surface area contributed by atoms with E-state index in [0.29, 0.717) is 34.5 Å². The molecular formula is C24H33N7O4S. The Morgan fingerprint density at radius 2 is 2.03 bits per heavy atom. The summed E-state index contributed by atoms with van der Waals surface area (Å²) < 4.78 is 26.9. The quantitative estimate of drug-likeness (QED) is 0.481. The molecule has 2 aromatic rings. The van der Waals surface area contributed by atoms with Gasteiger partial charge in [0.15, 0.2) is 0 Å². The fourth-order valence-electron chi connectivity index (χ4n) is 5.39. The van der Waals surface area contributed by atoms with Gasteiger partial charge in [-0.3, -0.25) is 9.52 Å². The molecular weight excluding hydrogens is 482 g/mol. The molecule has 4 heterocycles. The Bertz CT molecular complexity index is 1250. The van der Waals surface area contributed by atoms with Crippen LogP contribution in [0.25, 0.3) is 0 Å². The third-order valence-electron chi connectivity index (χ3n) is 7.48. The van der Waals surface area contributed by atoms with Crippen molar-refractivity contribution in [1.29, 1.82) is 0 Å². The van der Waals surface area contributed by atoms with Crippen molar-refractivity contribution in [2.75, 3.05) is 52.2 Å². The highest BCUT2D eigenvalue weighted by Gasteiger charge is 2.51. The predicted molar refractivity (Wildman–Crippen MR) is 138 cm³/mol. The Hall–Kier alpha value is -2.99. The summed E-state index contributed by atoms with van der Waals surface area (Å²) in [5, 5.41) is 15.2. The van der Waals surface area contributed by atoms with Crippen LogP contribution in [-0.4, -0.2) is 66.4 Å². The summed E-state index contributed by atoms with van der Waals surface area (Å²) in [6.07, 6.45) is 6.67. The molecule has 0 unspecified atom stereocenters. The molecule has 0 radical (unpaired) electrons. The number of hydrogen-bond acceptors (Lipinski definition) is 9. The van der Waals surface area contributed by atoms with Crippen LogP contribution in [0.3, 0.4) is 0 Å². The molecule has 1 saturated heterocycles. The fourth-order valence-corrected chi connectivity index (χ4v) is 6.16. The summed E-state index contributed by atoms with van der Waals surface area (Å²) in [5.74, 6) is 1.14. The lowest BCUT2D eigenvalue weighted by Gasteiger charge is -2.40. The number of amides is 1. The van der Waals surface area contributed by atoms with E-state index >= 15 is 0 Å². The van der Waals surface area contributed by atoms with Gasteiger partial charge in [-0.2, -0.15) is 4.98 Å². The Morgan fingerprint density at radius 3 is 2.81 bits per heavy atom. The monoisotopic (exact) mass is 515 g/mol. The minimum Gasteiger partial charge on any atom is -0.395 e. The van der Waals surface area contributed by atoms with Gasteiger partial charge in [-0.15, -0.1) is 0 Å². The molecule has 2 fully saturated rings. The third kappa shape index (κ3) is 5.39. The van der Waals surface area contributed by atoms with Crippen LogP contribution in [0, 0.1) is 18.3 Å². The van der Waals surface area contributed by atoms with Crippen LogP contribution in [0.15, 0.2) is 18.2 Å². The van der Waals surface area contributed by atoms with Crippen LogP contribution in [0.1, 0.15) is 54.6 Å². The first kappa shape index (κ1) is 24.7. The smallest absolute Gasteiger partial charge is 0.260 e. The van der Waals surface area contributed by atoms with Crippen LogP contribution < -0.4 is 20.3 Å². The number of sulfonamides is 1. The second kappa shape index (κ2) is 9.81. The summed E-state index contributed by atoms with van der Waals surface area (Å²) in [6, 6.07) is 4.78. The number of carbonyl (C=O) groups excluding carboxylic acids is 1. The number of pyridine rings is 1. The first-order valence-corrected chi connectivity index (χ1v) is 14.2. The number of nitrogens with zero attached hydrogens (tertiary/aromatic N) is 4. The molecule has 5 rings (SSSR count). The maximum atomic E-state index is 13.4. The van der Waals surface area contributed by atoms with E-state index in [4.69, 9.17) is 5.11 Å². The van der Waals surface area contributed by atoms with E-state index < -0.39 is 22.4 Å². The fraction of sp³-hybridized carbons (Fsp3) is 0.583. The number of fused-ring (bicyclic) bond motifs is 7. The van der Waals surface area contributed by atoms with Gasteiger partial charge in [-0.25, -0.2) is 18.4 Å². The molecule has 1 amide bonds. The van der Waals surface area contributed by atoms with Gasteiger partial charge in [0.2, 0.25) is 16.0 Å². The lowest BCUT2D eigenvalue weighted by molar-refractivity contribution is 0.102. The first-order valence-electron chi connectivity index (χ1n) is 12.6. The van der Waals surface area contributed by atoms with Gasteiger partial charge in [-0.05, 0) is 62.5 Å². The number of piperidine rings is 1. The van der Waals surface area contributed by atoms with Crippen molar-refractivity contribution in [2.24, 2.45) is 11.3 Å². The van der Waals surface area contributed by atoms with E-state index in [0.717, 1.165) is 51.0 Å². The van der Waals surface area contributed by atoms with Gasteiger partial charge < -0.3 is 20.6 Å². The molecule has 2 aromatic heterocycles. The predicted octanol–water partition coefficient (Wildman–Crippen LogP) is 2.37. The number of aromatic nitrogens is 3. The van der Waals surface area contributed by atoms with Crippen LogP contribution in [0.4, 0.5) is 23.4 Å². The molecule has 1 atom stereocenters. The van der Waals surface area contributed by atoms with Crippen molar-refractivity contribution in [3.05, 3.63) is 29.5 Å². The van der Waals surface area contributed by atoms with Gasteiger partial charge in [0.1, 0.15) is 17.5 Å². The molecule has 4 bridgehead atoms. The molecule has 1 spiro atoms. The van der Waals surface area contributed by atoms with Crippen LogP contribution in [-0.2, 0) is 10.0 Å². The molecule has 4 N–H and O–H groups in total. The normalized spacial score (nSPS) is 21.4. The van der Waals surface area contributed by atoms with Gasteiger partial charge >= 0.3 is 0 Å². The van der Waals surface area contributed by atoms with Crippen molar-refractivity contribution < 1.29 is 18.3 Å². The van der Waals surface area contributed by atoms with Gasteiger partial charge in [-0.1, -0.05) is 6.42 Å². The van der Waals surface area contributed by atoms with Gasteiger partial charge in [0, 0.05) is 31.4 Å². The molecule has 2 aliphatic heterocycles. The zero-order valence-corrected chi connectivity index (χ0v) is 21.3. The van der Waals surface area contributed by atoms with E-state index in [2.05, 4.69) is 35.2 Å². The highest BCUT2D eigenvalue weighted by molar-refractivity contribution is 7.92. The number of carbonyl (C=O) groups is 1. The molecule has 3 aliphatic rings. The molecule has 0 aromatic carbocycles. The van der Waals surface area contributed by atoms with Crippen molar-refractivity contribution in [2.45, 2.75) is 45.4 Å². The molecule has 12 heteroatoms. The summed E-state index contributed by atoms with van der Waals surface area (Å²) in [7, 11) is -3.75. The van der Waals surface area contributed by atoms with Crippen LogP contribution >= 0.6 is 0 Å². The molecule has 194 valence electrons. The summed E-state index contributed by atoms with van der Waals surface area (Å²) in [4.78, 5) is 29.0. The van der Waals surface area contributed by atoms with Crippen molar-refractivity contribution in [1.82, 2.24) is 15.0 Å². The topological polar surface area (TPSA) is 149 Å². The largest absolute Gasteiger partial charge is 0.395 e. The number of hydrogen-bond donors (Lipinski definition) is 4. The molecule has 1 saturated carbocycles. The lowest BCUT2D eigenvalue weighted by atomic mass is 9.79. The Labute approximate surface area is 211 Å². The molecule has 36 heavy (non-hydrogen) atoms. The minimum atomic E-state index is -3.75. The van der Waals surface area contributed by atoms with Crippen molar-refractivity contribution >= 4 is 39.3 Å². The zero-order valence-electron chi connectivity index (χ0n) is 20.5. The minimum absolute atomic E-state index is 0.126.